The van der Waals surface area contributed by atoms with Crippen molar-refractivity contribution >= 4 is 11.6 Å². The van der Waals surface area contributed by atoms with Gasteiger partial charge in [-0.15, -0.1) is 0 Å². The first-order valence-corrected chi connectivity index (χ1v) is 6.20. The second kappa shape index (κ2) is 6.46. The van der Waals surface area contributed by atoms with E-state index >= 15 is 0 Å². The lowest BCUT2D eigenvalue weighted by molar-refractivity contribution is -0.137. The number of pyridine rings is 1. The maximum Gasteiger partial charge on any atom is 0.416 e. The van der Waals surface area contributed by atoms with Gasteiger partial charge in [0.05, 0.1) is 11.2 Å². The molecule has 1 heterocycles. The van der Waals surface area contributed by atoms with E-state index in [0.29, 0.717) is 6.54 Å². The van der Waals surface area contributed by atoms with Crippen molar-refractivity contribution in [2.24, 2.45) is 5.84 Å². The summed E-state index contributed by atoms with van der Waals surface area (Å²) in [7, 11) is 3.57. The molecule has 0 aliphatic rings. The number of likely N-dealkylation sites (N-methyl/N-ethyl adjacent to an activating group) is 1. The molecule has 5 N–H and O–H groups in total. The quantitative estimate of drug-likeness (QED) is 0.465. The molecule has 1 unspecified atom stereocenters. The molecular formula is C12H20F3N5O. The Morgan fingerprint density at radius 3 is 2.33 bits per heavy atom. The van der Waals surface area contributed by atoms with Crippen LogP contribution in [-0.2, 0) is 6.18 Å². The monoisotopic (exact) mass is 307 g/mol. The van der Waals surface area contributed by atoms with Gasteiger partial charge in [0.25, 0.3) is 0 Å². The summed E-state index contributed by atoms with van der Waals surface area (Å²) in [4.78, 5) is 5.65. The summed E-state index contributed by atoms with van der Waals surface area (Å²) in [6.07, 6.45) is -4.50. The molecule has 0 radical (unpaired) electrons. The predicted molar refractivity (Wildman–Crippen MR) is 74.7 cm³/mol. The fraction of sp³-hybridized carbons (Fsp3) is 0.583. The highest BCUT2D eigenvalue weighted by molar-refractivity contribution is 5.49. The van der Waals surface area contributed by atoms with Crippen molar-refractivity contribution in [3.63, 3.8) is 0 Å². The van der Waals surface area contributed by atoms with E-state index in [1.807, 2.05) is 0 Å². The van der Waals surface area contributed by atoms with Gasteiger partial charge >= 0.3 is 6.18 Å². The molecule has 9 heteroatoms. The van der Waals surface area contributed by atoms with Gasteiger partial charge in [0.15, 0.2) is 0 Å². The molecule has 1 atom stereocenters. The number of hydrogen-bond donors (Lipinski definition) is 4. The molecule has 0 saturated heterocycles. The molecule has 6 nitrogen and oxygen atoms in total. The zero-order valence-electron chi connectivity index (χ0n) is 12.1. The van der Waals surface area contributed by atoms with Gasteiger partial charge < -0.3 is 20.7 Å². The highest BCUT2D eigenvalue weighted by Gasteiger charge is 2.32. The summed E-state index contributed by atoms with van der Waals surface area (Å²) in [5.41, 5.74) is 0.0972. The van der Waals surface area contributed by atoms with Crippen LogP contribution < -0.4 is 16.6 Å². The van der Waals surface area contributed by atoms with Crippen molar-refractivity contribution in [2.45, 2.75) is 18.7 Å². The number of hydrazine groups is 1. The normalized spacial score (nSPS) is 14.9. The first kappa shape index (κ1) is 17.5. The Morgan fingerprint density at radius 1 is 1.29 bits per heavy atom. The summed E-state index contributed by atoms with van der Waals surface area (Å²) in [6.45, 7) is 1.97. The molecule has 21 heavy (non-hydrogen) atoms. The van der Waals surface area contributed by atoms with E-state index in [9.17, 15) is 18.3 Å². The van der Waals surface area contributed by atoms with Crippen LogP contribution in [0.2, 0.25) is 0 Å². The van der Waals surface area contributed by atoms with Crippen LogP contribution in [-0.4, -0.2) is 47.8 Å². The van der Waals surface area contributed by atoms with E-state index in [2.05, 4.69) is 15.7 Å². The highest BCUT2D eigenvalue weighted by Crippen LogP contribution is 2.31. The molecule has 0 aromatic carbocycles. The van der Waals surface area contributed by atoms with E-state index in [0.717, 1.165) is 12.1 Å². The van der Waals surface area contributed by atoms with Crippen LogP contribution >= 0.6 is 0 Å². The lowest BCUT2D eigenvalue weighted by atomic mass is 10.1. The second-order valence-corrected chi connectivity index (χ2v) is 5.36. The van der Waals surface area contributed by atoms with Gasteiger partial charge in [-0.25, -0.2) is 10.8 Å². The zero-order valence-corrected chi connectivity index (χ0v) is 12.1. The first-order chi connectivity index (χ1) is 9.53. The number of nitrogens with one attached hydrogen (secondary N) is 2. The minimum atomic E-state index is -4.50. The molecule has 0 bridgehead atoms. The van der Waals surface area contributed by atoms with Crippen molar-refractivity contribution in [1.29, 1.82) is 0 Å². The molecule has 0 aliphatic carbocycles. The number of aromatic nitrogens is 1. The Labute approximate surface area is 121 Å². The molecular weight excluding hydrogens is 287 g/mol. The summed E-state index contributed by atoms with van der Waals surface area (Å²) in [5.74, 6) is 4.99. The Hall–Kier alpha value is -1.58. The minimum Gasteiger partial charge on any atom is -0.387 e. The number of alkyl halides is 3. The van der Waals surface area contributed by atoms with Gasteiger partial charge in [0, 0.05) is 13.1 Å². The topological polar surface area (TPSA) is 86.4 Å². The maximum atomic E-state index is 12.8. The average molecular weight is 307 g/mol. The third kappa shape index (κ3) is 5.74. The van der Waals surface area contributed by atoms with Gasteiger partial charge in [-0.2, -0.15) is 13.2 Å². The second-order valence-electron chi connectivity index (χ2n) is 5.36. The number of nitrogens with zero attached hydrogens (tertiary/aromatic N) is 2. The molecule has 0 saturated carbocycles. The van der Waals surface area contributed by atoms with Crippen molar-refractivity contribution in [3.8, 4) is 0 Å². The van der Waals surface area contributed by atoms with E-state index in [1.165, 1.54) is 0 Å². The van der Waals surface area contributed by atoms with E-state index < -0.39 is 17.3 Å². The number of anilines is 2. The summed E-state index contributed by atoms with van der Waals surface area (Å²) in [5, 5.41) is 12.8. The van der Waals surface area contributed by atoms with Crippen LogP contribution in [0.3, 0.4) is 0 Å². The van der Waals surface area contributed by atoms with Crippen molar-refractivity contribution in [1.82, 2.24) is 9.88 Å². The number of rotatable bonds is 6. The number of aliphatic hydroxyl groups is 1. The summed E-state index contributed by atoms with van der Waals surface area (Å²) >= 11 is 0. The van der Waals surface area contributed by atoms with Gasteiger partial charge in [-0.1, -0.05) is 0 Å². The third-order valence-electron chi connectivity index (χ3n) is 2.61. The number of halogens is 3. The molecule has 1 aromatic rings. The number of nitrogens with two attached hydrogens (primary N) is 1. The Balaban J connectivity index is 2.88. The molecule has 0 spiro atoms. The number of nitrogen functional groups attached to an aromatic ring is 1. The fourth-order valence-electron chi connectivity index (χ4n) is 1.88. The fourth-order valence-corrected chi connectivity index (χ4v) is 1.88. The molecule has 120 valence electrons. The Morgan fingerprint density at radius 2 is 1.86 bits per heavy atom. The van der Waals surface area contributed by atoms with Crippen LogP contribution in [0.15, 0.2) is 12.1 Å². The minimum absolute atomic E-state index is 0.0168. The third-order valence-corrected chi connectivity index (χ3v) is 2.61. The first-order valence-electron chi connectivity index (χ1n) is 6.20. The van der Waals surface area contributed by atoms with Crippen molar-refractivity contribution in [2.75, 3.05) is 37.9 Å². The van der Waals surface area contributed by atoms with Gasteiger partial charge in [0.2, 0.25) is 0 Å². The van der Waals surface area contributed by atoms with Crippen LogP contribution in [0.4, 0.5) is 24.8 Å². The largest absolute Gasteiger partial charge is 0.416 e. The van der Waals surface area contributed by atoms with Crippen LogP contribution in [0.5, 0.6) is 0 Å². The molecule has 0 amide bonds. The lowest BCUT2D eigenvalue weighted by Gasteiger charge is -2.27. The Kier molecular flexibility index (Phi) is 5.37. The van der Waals surface area contributed by atoms with E-state index in [-0.39, 0.29) is 18.2 Å². The van der Waals surface area contributed by atoms with Crippen LogP contribution in [0.1, 0.15) is 12.5 Å². The van der Waals surface area contributed by atoms with Gasteiger partial charge in [-0.3, -0.25) is 0 Å². The molecule has 0 fully saturated rings. The summed E-state index contributed by atoms with van der Waals surface area (Å²) in [6, 6.07) is 1.68. The van der Waals surface area contributed by atoms with Crippen molar-refractivity contribution < 1.29 is 18.3 Å². The SMILES string of the molecule is CN(C)CC(C)(O)CNc1cc(C(F)(F)F)cc(NN)n1. The van der Waals surface area contributed by atoms with Gasteiger partial charge in [-0.05, 0) is 33.2 Å². The highest BCUT2D eigenvalue weighted by atomic mass is 19.4. The van der Waals surface area contributed by atoms with E-state index in [4.69, 9.17) is 5.84 Å². The van der Waals surface area contributed by atoms with Crippen LogP contribution in [0, 0.1) is 0 Å². The standard InChI is InChI=1S/C12H20F3N5O/c1-11(21,7-20(2)3)6-17-9-4-8(12(13,14)15)5-10(18-9)19-16/h4-5,21H,6-7,16H2,1-3H3,(H2,17,18,19). The number of hydrogen-bond acceptors (Lipinski definition) is 6. The average Bonchev–Trinajstić information content (AvgIpc) is 2.33. The van der Waals surface area contributed by atoms with Crippen molar-refractivity contribution in [3.05, 3.63) is 17.7 Å². The zero-order chi connectivity index (χ0) is 16.3. The Bertz CT molecular complexity index is 476. The lowest BCUT2D eigenvalue weighted by Crippen LogP contribution is -2.43. The molecule has 1 rings (SSSR count). The maximum absolute atomic E-state index is 12.8. The van der Waals surface area contributed by atoms with E-state index in [1.54, 1.807) is 25.9 Å². The molecule has 0 aliphatic heterocycles. The summed E-state index contributed by atoms with van der Waals surface area (Å²) < 4.78 is 38.3. The van der Waals surface area contributed by atoms with Crippen LogP contribution in [0.25, 0.3) is 0 Å². The smallest absolute Gasteiger partial charge is 0.387 e. The molecule has 1 aromatic heterocycles. The van der Waals surface area contributed by atoms with Gasteiger partial charge in [0.1, 0.15) is 11.6 Å². The predicted octanol–water partition coefficient (Wildman–Crippen LogP) is 1.11.